The van der Waals surface area contributed by atoms with Gasteiger partial charge in [-0.2, -0.15) is 0 Å². The minimum Gasteiger partial charge on any atom is -0.480 e. The van der Waals surface area contributed by atoms with E-state index in [0.717, 1.165) is 71.5 Å². The predicted octanol–water partition coefficient (Wildman–Crippen LogP) is 1.25. The van der Waals surface area contributed by atoms with Crippen molar-refractivity contribution in [1.29, 1.82) is 0 Å². The van der Waals surface area contributed by atoms with Crippen LogP contribution in [-0.2, 0) is 4.79 Å². The second-order valence-electron chi connectivity index (χ2n) is 6.46. The van der Waals surface area contributed by atoms with Gasteiger partial charge in [0.05, 0.1) is 0 Å². The van der Waals surface area contributed by atoms with E-state index in [1.165, 1.54) is 0 Å². The van der Waals surface area contributed by atoms with Crippen LogP contribution in [0.15, 0.2) is 0 Å². The minimum atomic E-state index is -0.667. The van der Waals surface area contributed by atoms with Gasteiger partial charge in [0.15, 0.2) is 0 Å². The summed E-state index contributed by atoms with van der Waals surface area (Å²) in [4.78, 5) is 16.8. The summed E-state index contributed by atoms with van der Waals surface area (Å²) in [5.74, 6) is -0.373. The van der Waals surface area contributed by atoms with Gasteiger partial charge in [0.1, 0.15) is 5.54 Å². The molecule has 2 atom stereocenters. The molecule has 5 nitrogen and oxygen atoms in total. The van der Waals surface area contributed by atoms with Crippen molar-refractivity contribution >= 4 is 5.97 Å². The first-order valence-electron chi connectivity index (χ1n) is 8.55. The van der Waals surface area contributed by atoms with Crippen LogP contribution in [0.5, 0.6) is 0 Å². The molecule has 2 N–H and O–H groups in total. The molecule has 1 aliphatic carbocycles. The Labute approximate surface area is 128 Å². The number of nitrogens with zero attached hydrogens (tertiary/aromatic N) is 2. The lowest BCUT2D eigenvalue weighted by molar-refractivity contribution is -0.146. The lowest BCUT2D eigenvalue weighted by Gasteiger charge is -2.37. The number of carboxylic acids is 1. The van der Waals surface area contributed by atoms with Gasteiger partial charge in [-0.15, -0.1) is 0 Å². The molecule has 0 aromatic carbocycles. The topological polar surface area (TPSA) is 55.8 Å². The summed E-state index contributed by atoms with van der Waals surface area (Å²) >= 11 is 0. The molecule has 1 saturated carbocycles. The van der Waals surface area contributed by atoms with E-state index in [1.807, 2.05) is 6.92 Å². The van der Waals surface area contributed by atoms with Crippen molar-refractivity contribution in [3.05, 3.63) is 0 Å². The maximum absolute atomic E-state index is 11.8. The Morgan fingerprint density at radius 3 is 2.48 bits per heavy atom. The molecule has 2 unspecified atom stereocenters. The molecule has 0 spiro atoms. The van der Waals surface area contributed by atoms with Crippen molar-refractivity contribution in [2.45, 2.75) is 45.1 Å². The van der Waals surface area contributed by atoms with Gasteiger partial charge in [0.25, 0.3) is 0 Å². The number of piperazine rings is 1. The standard InChI is InChI=1S/C16H31N3O2/c1-3-17-16(15(20)21)8-5-6-14(16)7-9-19-12-10-18(4-2)11-13-19/h14,17H,3-13H2,1-2H3,(H,20,21). The van der Waals surface area contributed by atoms with Gasteiger partial charge in [0, 0.05) is 26.2 Å². The molecule has 0 bridgehead atoms. The van der Waals surface area contributed by atoms with E-state index in [0.29, 0.717) is 0 Å². The van der Waals surface area contributed by atoms with E-state index in [-0.39, 0.29) is 5.92 Å². The molecule has 1 heterocycles. The zero-order valence-electron chi connectivity index (χ0n) is 13.6. The number of hydrogen-bond acceptors (Lipinski definition) is 4. The van der Waals surface area contributed by atoms with Crippen LogP contribution in [-0.4, -0.2) is 72.2 Å². The summed E-state index contributed by atoms with van der Waals surface area (Å²) in [6.07, 6.45) is 3.87. The van der Waals surface area contributed by atoms with Crippen molar-refractivity contribution < 1.29 is 9.90 Å². The van der Waals surface area contributed by atoms with E-state index >= 15 is 0 Å². The maximum Gasteiger partial charge on any atom is 0.324 e. The number of hydrogen-bond donors (Lipinski definition) is 2. The SMILES string of the molecule is CCNC1(C(=O)O)CCCC1CCN1CCN(CC)CC1. The number of carbonyl (C=O) groups is 1. The van der Waals surface area contributed by atoms with Crippen molar-refractivity contribution in [2.75, 3.05) is 45.8 Å². The molecule has 0 aromatic heterocycles. The summed E-state index contributed by atoms with van der Waals surface area (Å²) in [5, 5.41) is 13.0. The Morgan fingerprint density at radius 1 is 1.24 bits per heavy atom. The molecule has 2 rings (SSSR count). The highest BCUT2D eigenvalue weighted by Gasteiger charge is 2.48. The zero-order valence-corrected chi connectivity index (χ0v) is 13.6. The predicted molar refractivity (Wildman–Crippen MR) is 84.6 cm³/mol. The third-order valence-corrected chi connectivity index (χ3v) is 5.40. The Hall–Kier alpha value is -0.650. The quantitative estimate of drug-likeness (QED) is 0.741. The van der Waals surface area contributed by atoms with Gasteiger partial charge in [-0.1, -0.05) is 20.3 Å². The van der Waals surface area contributed by atoms with Crippen molar-refractivity contribution in [2.24, 2.45) is 5.92 Å². The van der Waals surface area contributed by atoms with Gasteiger partial charge in [-0.05, 0) is 44.8 Å². The Bertz CT molecular complexity index is 342. The minimum absolute atomic E-state index is 0.277. The fraction of sp³-hybridized carbons (Fsp3) is 0.938. The van der Waals surface area contributed by atoms with Crippen LogP contribution in [0.1, 0.15) is 39.5 Å². The van der Waals surface area contributed by atoms with Crippen LogP contribution in [0.4, 0.5) is 0 Å². The van der Waals surface area contributed by atoms with Crippen LogP contribution < -0.4 is 5.32 Å². The smallest absolute Gasteiger partial charge is 0.324 e. The van der Waals surface area contributed by atoms with Crippen molar-refractivity contribution in [3.63, 3.8) is 0 Å². The molecule has 0 amide bonds. The molecular weight excluding hydrogens is 266 g/mol. The first-order valence-corrected chi connectivity index (χ1v) is 8.55. The van der Waals surface area contributed by atoms with Gasteiger partial charge in [0.2, 0.25) is 0 Å². The lowest BCUT2D eigenvalue weighted by Crippen LogP contribution is -2.55. The fourth-order valence-electron chi connectivity index (χ4n) is 4.04. The van der Waals surface area contributed by atoms with Gasteiger partial charge >= 0.3 is 5.97 Å². The third kappa shape index (κ3) is 3.76. The number of rotatable bonds is 7. The second kappa shape index (κ2) is 7.56. The van der Waals surface area contributed by atoms with E-state index < -0.39 is 11.5 Å². The van der Waals surface area contributed by atoms with Gasteiger partial charge < -0.3 is 20.2 Å². The summed E-state index contributed by atoms with van der Waals surface area (Å²) in [5.41, 5.74) is -0.667. The van der Waals surface area contributed by atoms with Gasteiger partial charge in [-0.25, -0.2) is 0 Å². The highest BCUT2D eigenvalue weighted by molar-refractivity contribution is 5.79. The largest absolute Gasteiger partial charge is 0.480 e. The average Bonchev–Trinajstić information content (AvgIpc) is 2.90. The van der Waals surface area contributed by atoms with E-state index in [1.54, 1.807) is 0 Å². The molecule has 2 fully saturated rings. The van der Waals surface area contributed by atoms with Crippen LogP contribution >= 0.6 is 0 Å². The number of likely N-dealkylation sites (N-methyl/N-ethyl adjacent to an activating group) is 2. The Morgan fingerprint density at radius 2 is 1.90 bits per heavy atom. The Kier molecular flexibility index (Phi) is 6.02. The molecule has 2 aliphatic rings. The van der Waals surface area contributed by atoms with Crippen LogP contribution in [0, 0.1) is 5.92 Å². The normalized spacial score (nSPS) is 31.6. The summed E-state index contributed by atoms with van der Waals surface area (Å²) in [7, 11) is 0. The van der Waals surface area contributed by atoms with Crippen LogP contribution in [0.3, 0.4) is 0 Å². The maximum atomic E-state index is 11.8. The summed E-state index contributed by atoms with van der Waals surface area (Å²) in [6, 6.07) is 0. The average molecular weight is 297 g/mol. The monoisotopic (exact) mass is 297 g/mol. The number of carboxylic acid groups (broad SMARTS) is 1. The van der Waals surface area contributed by atoms with E-state index in [4.69, 9.17) is 0 Å². The first-order chi connectivity index (χ1) is 10.1. The van der Waals surface area contributed by atoms with Crippen LogP contribution in [0.25, 0.3) is 0 Å². The van der Waals surface area contributed by atoms with Gasteiger partial charge in [-0.3, -0.25) is 4.79 Å². The highest BCUT2D eigenvalue weighted by atomic mass is 16.4. The third-order valence-electron chi connectivity index (χ3n) is 5.40. The van der Waals surface area contributed by atoms with E-state index in [2.05, 4.69) is 22.0 Å². The first kappa shape index (κ1) is 16.7. The molecule has 0 aromatic rings. The molecule has 122 valence electrons. The Balaban J connectivity index is 1.85. The highest BCUT2D eigenvalue weighted by Crippen LogP contribution is 2.38. The van der Waals surface area contributed by atoms with Crippen molar-refractivity contribution in [1.82, 2.24) is 15.1 Å². The molecule has 21 heavy (non-hydrogen) atoms. The molecular formula is C16H31N3O2. The second-order valence-corrected chi connectivity index (χ2v) is 6.46. The summed E-state index contributed by atoms with van der Waals surface area (Å²) in [6.45, 7) is 11.7. The van der Waals surface area contributed by atoms with Crippen LogP contribution in [0.2, 0.25) is 0 Å². The zero-order chi connectivity index (χ0) is 15.3. The molecule has 5 heteroatoms. The van der Waals surface area contributed by atoms with Crippen molar-refractivity contribution in [3.8, 4) is 0 Å². The van der Waals surface area contributed by atoms with E-state index in [9.17, 15) is 9.90 Å². The number of aliphatic carboxylic acids is 1. The molecule has 0 radical (unpaired) electrons. The molecule has 1 saturated heterocycles. The number of nitrogens with one attached hydrogen (secondary N) is 1. The lowest BCUT2D eigenvalue weighted by atomic mass is 9.84. The summed E-state index contributed by atoms with van der Waals surface area (Å²) < 4.78 is 0. The molecule has 1 aliphatic heterocycles. The fourth-order valence-corrected chi connectivity index (χ4v) is 4.04.